The van der Waals surface area contributed by atoms with Gasteiger partial charge in [-0.15, -0.1) is 0 Å². The van der Waals surface area contributed by atoms with Crippen molar-refractivity contribution in [2.24, 2.45) is 0 Å². The number of H-pyrrole nitrogens is 1. The van der Waals surface area contributed by atoms with Gasteiger partial charge in [0.2, 0.25) is 5.95 Å². The molecule has 2 aromatic heterocycles. The van der Waals surface area contributed by atoms with E-state index in [0.29, 0.717) is 23.7 Å². The van der Waals surface area contributed by atoms with Gasteiger partial charge in [0.15, 0.2) is 17.2 Å². The number of ether oxygens (including phenoxy) is 1. The Morgan fingerprint density at radius 1 is 1.33 bits per heavy atom. The summed E-state index contributed by atoms with van der Waals surface area (Å²) in [5.41, 5.74) is 1.88. The van der Waals surface area contributed by atoms with Crippen LogP contribution in [0.2, 0.25) is 0 Å². The number of halogens is 1. The quantitative estimate of drug-likeness (QED) is 0.771. The zero-order chi connectivity index (χ0) is 14.8. The van der Waals surface area contributed by atoms with E-state index in [9.17, 15) is 4.39 Å². The van der Waals surface area contributed by atoms with Crippen LogP contribution in [0.15, 0.2) is 24.5 Å². The van der Waals surface area contributed by atoms with E-state index in [1.165, 1.54) is 12.4 Å². The van der Waals surface area contributed by atoms with E-state index in [4.69, 9.17) is 4.74 Å². The molecule has 2 N–H and O–H groups in total. The highest BCUT2D eigenvalue weighted by molar-refractivity contribution is 5.77. The molecule has 0 bridgehead atoms. The van der Waals surface area contributed by atoms with E-state index in [1.807, 2.05) is 13.8 Å². The third-order valence-corrected chi connectivity index (χ3v) is 2.88. The third-order valence-electron chi connectivity index (χ3n) is 2.88. The van der Waals surface area contributed by atoms with Crippen molar-refractivity contribution in [1.29, 1.82) is 0 Å². The van der Waals surface area contributed by atoms with Crippen molar-refractivity contribution in [2.45, 2.75) is 13.8 Å². The third kappa shape index (κ3) is 2.62. The highest BCUT2D eigenvalue weighted by Crippen LogP contribution is 2.28. The molecular weight excluding hydrogens is 273 g/mol. The number of fused-ring (bicyclic) bond motifs is 1. The minimum absolute atomic E-state index is 0.118. The summed E-state index contributed by atoms with van der Waals surface area (Å²) >= 11 is 0. The van der Waals surface area contributed by atoms with Crippen LogP contribution in [-0.2, 0) is 0 Å². The number of aromatic amines is 1. The maximum atomic E-state index is 13.8. The maximum Gasteiger partial charge on any atom is 0.250 e. The van der Waals surface area contributed by atoms with Crippen LogP contribution in [0.3, 0.4) is 0 Å². The Balaban J connectivity index is 2.06. The largest absolute Gasteiger partial charge is 0.434 e. The minimum Gasteiger partial charge on any atom is -0.434 e. The Morgan fingerprint density at radius 2 is 2.19 bits per heavy atom. The van der Waals surface area contributed by atoms with Gasteiger partial charge in [0.1, 0.15) is 5.52 Å². The van der Waals surface area contributed by atoms with Crippen molar-refractivity contribution < 1.29 is 9.13 Å². The summed E-state index contributed by atoms with van der Waals surface area (Å²) < 4.78 is 19.4. The molecule has 7 heteroatoms. The molecule has 0 amide bonds. The molecule has 3 rings (SSSR count). The SMILES string of the molecule is CCNc1nc(Oc2cc(C)ccc2F)c2[nH]cnc2n1. The molecule has 0 saturated carbocycles. The van der Waals surface area contributed by atoms with Crippen LogP contribution < -0.4 is 10.1 Å². The van der Waals surface area contributed by atoms with E-state index in [-0.39, 0.29) is 11.6 Å². The molecule has 6 nitrogen and oxygen atoms in total. The molecule has 0 spiro atoms. The van der Waals surface area contributed by atoms with Gasteiger partial charge in [-0.05, 0) is 31.5 Å². The molecule has 1 aromatic carbocycles. The van der Waals surface area contributed by atoms with Crippen molar-refractivity contribution in [2.75, 3.05) is 11.9 Å². The lowest BCUT2D eigenvalue weighted by Gasteiger charge is -2.09. The summed E-state index contributed by atoms with van der Waals surface area (Å²) in [7, 11) is 0. The van der Waals surface area contributed by atoms with E-state index in [2.05, 4.69) is 25.3 Å². The van der Waals surface area contributed by atoms with Crippen LogP contribution in [0.4, 0.5) is 10.3 Å². The van der Waals surface area contributed by atoms with Gasteiger partial charge < -0.3 is 15.0 Å². The average molecular weight is 287 g/mol. The normalized spacial score (nSPS) is 10.8. The summed E-state index contributed by atoms with van der Waals surface area (Å²) in [5.74, 6) is 0.294. The zero-order valence-electron chi connectivity index (χ0n) is 11.6. The second-order valence-corrected chi connectivity index (χ2v) is 4.52. The smallest absolute Gasteiger partial charge is 0.250 e. The number of hydrogen-bond acceptors (Lipinski definition) is 5. The molecule has 0 aliphatic rings. The Morgan fingerprint density at radius 3 is 3.00 bits per heavy atom. The molecule has 0 atom stereocenters. The van der Waals surface area contributed by atoms with Gasteiger partial charge in [-0.3, -0.25) is 0 Å². The first-order chi connectivity index (χ1) is 10.2. The molecule has 0 aliphatic heterocycles. The molecule has 3 aromatic rings. The molecule has 21 heavy (non-hydrogen) atoms. The number of rotatable bonds is 4. The summed E-state index contributed by atoms with van der Waals surface area (Å²) in [6.07, 6.45) is 1.49. The molecule has 0 saturated heterocycles. The molecule has 0 unspecified atom stereocenters. The highest BCUT2D eigenvalue weighted by atomic mass is 19.1. The zero-order valence-corrected chi connectivity index (χ0v) is 11.6. The fourth-order valence-electron chi connectivity index (χ4n) is 1.91. The first-order valence-corrected chi connectivity index (χ1v) is 6.56. The number of nitrogens with zero attached hydrogens (tertiary/aromatic N) is 3. The summed E-state index contributed by atoms with van der Waals surface area (Å²) in [6, 6.07) is 4.66. The first kappa shape index (κ1) is 13.3. The highest BCUT2D eigenvalue weighted by Gasteiger charge is 2.14. The number of benzene rings is 1. The lowest BCUT2D eigenvalue weighted by Crippen LogP contribution is -2.04. The van der Waals surface area contributed by atoms with Crippen molar-refractivity contribution >= 4 is 17.1 Å². The minimum atomic E-state index is -0.447. The number of imidazole rings is 1. The van der Waals surface area contributed by atoms with Gasteiger partial charge in [-0.2, -0.15) is 9.97 Å². The fraction of sp³-hybridized carbons (Fsp3) is 0.214. The van der Waals surface area contributed by atoms with Gasteiger partial charge in [-0.1, -0.05) is 6.07 Å². The topological polar surface area (TPSA) is 75.7 Å². The molecule has 2 heterocycles. The van der Waals surface area contributed by atoms with Crippen LogP contribution in [-0.4, -0.2) is 26.5 Å². The van der Waals surface area contributed by atoms with Gasteiger partial charge in [0.05, 0.1) is 6.33 Å². The summed E-state index contributed by atoms with van der Waals surface area (Å²) in [6.45, 7) is 4.45. The van der Waals surface area contributed by atoms with E-state index in [0.717, 1.165) is 5.56 Å². The van der Waals surface area contributed by atoms with Crippen molar-refractivity contribution in [3.8, 4) is 11.6 Å². The lowest BCUT2D eigenvalue weighted by atomic mass is 10.2. The van der Waals surface area contributed by atoms with Crippen molar-refractivity contribution in [1.82, 2.24) is 19.9 Å². The standard InChI is InChI=1S/C14H14FN5O/c1-3-16-14-19-12-11(17-7-18-12)13(20-14)21-10-6-8(2)4-5-9(10)15/h4-7H,3H2,1-2H3,(H2,16,17,18,19,20). The number of nitrogens with one attached hydrogen (secondary N) is 2. The van der Waals surface area contributed by atoms with Crippen LogP contribution in [0.1, 0.15) is 12.5 Å². The second-order valence-electron chi connectivity index (χ2n) is 4.52. The van der Waals surface area contributed by atoms with Crippen molar-refractivity contribution in [3.63, 3.8) is 0 Å². The predicted molar refractivity (Wildman–Crippen MR) is 77.1 cm³/mol. The first-order valence-electron chi connectivity index (χ1n) is 6.56. The molecule has 0 aliphatic carbocycles. The lowest BCUT2D eigenvalue weighted by molar-refractivity contribution is 0.431. The van der Waals surface area contributed by atoms with Crippen molar-refractivity contribution in [3.05, 3.63) is 35.9 Å². The van der Waals surface area contributed by atoms with E-state index < -0.39 is 5.82 Å². The average Bonchev–Trinajstić information content (AvgIpc) is 2.92. The monoisotopic (exact) mass is 287 g/mol. The number of aryl methyl sites for hydroxylation is 1. The predicted octanol–water partition coefficient (Wildman–Crippen LogP) is 3.02. The Hall–Kier alpha value is -2.70. The van der Waals surface area contributed by atoms with Gasteiger partial charge in [-0.25, -0.2) is 9.37 Å². The molecule has 0 fully saturated rings. The number of aromatic nitrogens is 4. The van der Waals surface area contributed by atoms with Gasteiger partial charge >= 0.3 is 0 Å². The molecular formula is C14H14FN5O. The van der Waals surface area contributed by atoms with Gasteiger partial charge in [0.25, 0.3) is 5.88 Å². The number of hydrogen-bond donors (Lipinski definition) is 2. The van der Waals surface area contributed by atoms with Crippen LogP contribution in [0.5, 0.6) is 11.6 Å². The number of anilines is 1. The Bertz CT molecular complexity index is 786. The fourth-order valence-corrected chi connectivity index (χ4v) is 1.91. The summed E-state index contributed by atoms with van der Waals surface area (Å²) in [4.78, 5) is 15.5. The molecule has 0 radical (unpaired) electrons. The Labute approximate surface area is 120 Å². The van der Waals surface area contributed by atoms with Crippen LogP contribution in [0.25, 0.3) is 11.2 Å². The Kier molecular flexibility index (Phi) is 3.39. The maximum absolute atomic E-state index is 13.8. The molecule has 108 valence electrons. The van der Waals surface area contributed by atoms with Gasteiger partial charge in [0, 0.05) is 6.54 Å². The van der Waals surface area contributed by atoms with Crippen LogP contribution in [0, 0.1) is 12.7 Å². The van der Waals surface area contributed by atoms with E-state index >= 15 is 0 Å². The van der Waals surface area contributed by atoms with E-state index in [1.54, 1.807) is 12.1 Å². The van der Waals surface area contributed by atoms with Crippen LogP contribution >= 0.6 is 0 Å². The summed E-state index contributed by atoms with van der Waals surface area (Å²) in [5, 5.41) is 2.99. The second kappa shape index (κ2) is 5.35.